The van der Waals surface area contributed by atoms with Gasteiger partial charge in [0.1, 0.15) is 0 Å². The number of methoxy groups -OCH3 is 1. The Bertz CT molecular complexity index is 1330. The van der Waals surface area contributed by atoms with Gasteiger partial charge >= 0.3 is 6.09 Å². The van der Waals surface area contributed by atoms with Gasteiger partial charge in [-0.1, -0.05) is 44.4 Å². The summed E-state index contributed by atoms with van der Waals surface area (Å²) in [5.74, 6) is 0.272. The van der Waals surface area contributed by atoms with E-state index >= 15 is 0 Å². The lowest BCUT2D eigenvalue weighted by atomic mass is 9.89. The fourth-order valence-corrected chi connectivity index (χ4v) is 5.15. The SMILES string of the molecule is COc1cc(-c2ccc3ncc(C(=O)CC(C)C)c(NC4CCCCC4NC(=O)O)c3c2)cc(Cl)c1O. The third-order valence-electron chi connectivity index (χ3n) is 6.75. The highest BCUT2D eigenvalue weighted by molar-refractivity contribution is 6.32. The first kappa shape index (κ1) is 26.5. The highest BCUT2D eigenvalue weighted by Crippen LogP contribution is 2.40. The van der Waals surface area contributed by atoms with Gasteiger partial charge in [0.25, 0.3) is 0 Å². The van der Waals surface area contributed by atoms with Gasteiger partial charge < -0.3 is 25.6 Å². The van der Waals surface area contributed by atoms with Crippen molar-refractivity contribution in [1.29, 1.82) is 0 Å². The highest BCUT2D eigenvalue weighted by atomic mass is 35.5. The number of amides is 1. The van der Waals surface area contributed by atoms with Crippen molar-refractivity contribution in [1.82, 2.24) is 10.3 Å². The van der Waals surface area contributed by atoms with Crippen molar-refractivity contribution in [2.75, 3.05) is 12.4 Å². The number of pyridine rings is 1. The van der Waals surface area contributed by atoms with Crippen LogP contribution >= 0.6 is 11.6 Å². The molecule has 37 heavy (non-hydrogen) atoms. The smallest absolute Gasteiger partial charge is 0.404 e. The summed E-state index contributed by atoms with van der Waals surface area (Å²) in [6, 6.07) is 8.60. The van der Waals surface area contributed by atoms with Gasteiger partial charge in [-0.05, 0) is 54.2 Å². The number of aromatic hydroxyl groups is 1. The molecule has 1 aromatic heterocycles. The van der Waals surface area contributed by atoms with Crippen LogP contribution in [0.25, 0.3) is 22.0 Å². The van der Waals surface area contributed by atoms with E-state index in [0.29, 0.717) is 23.2 Å². The molecule has 9 heteroatoms. The summed E-state index contributed by atoms with van der Waals surface area (Å²) in [5, 5.41) is 26.6. The summed E-state index contributed by atoms with van der Waals surface area (Å²) in [6.07, 6.45) is 4.31. The van der Waals surface area contributed by atoms with Gasteiger partial charge in [-0.25, -0.2) is 4.79 Å². The van der Waals surface area contributed by atoms with Crippen LogP contribution in [0.2, 0.25) is 5.02 Å². The maximum atomic E-state index is 13.3. The number of carboxylic acid groups (broad SMARTS) is 1. The number of benzene rings is 2. The van der Waals surface area contributed by atoms with E-state index in [4.69, 9.17) is 16.3 Å². The number of ketones is 1. The largest absolute Gasteiger partial charge is 0.503 e. The summed E-state index contributed by atoms with van der Waals surface area (Å²) in [4.78, 5) is 29.3. The Kier molecular flexibility index (Phi) is 8.07. The topological polar surface area (TPSA) is 121 Å². The van der Waals surface area contributed by atoms with Crippen LogP contribution in [-0.2, 0) is 0 Å². The monoisotopic (exact) mass is 525 g/mol. The number of halogens is 1. The third-order valence-corrected chi connectivity index (χ3v) is 7.04. The minimum absolute atomic E-state index is 0.0230. The average Bonchev–Trinajstić information content (AvgIpc) is 2.85. The maximum Gasteiger partial charge on any atom is 0.404 e. The summed E-state index contributed by atoms with van der Waals surface area (Å²) < 4.78 is 5.27. The molecule has 3 aromatic rings. The maximum absolute atomic E-state index is 13.3. The number of rotatable bonds is 8. The molecule has 1 aliphatic carbocycles. The molecule has 8 nitrogen and oxygen atoms in total. The Morgan fingerprint density at radius 1 is 1.14 bits per heavy atom. The van der Waals surface area contributed by atoms with E-state index < -0.39 is 6.09 Å². The second-order valence-corrected chi connectivity index (χ2v) is 10.3. The number of hydrogen-bond donors (Lipinski definition) is 4. The summed E-state index contributed by atoms with van der Waals surface area (Å²) in [7, 11) is 1.46. The second kappa shape index (κ2) is 11.3. The van der Waals surface area contributed by atoms with E-state index in [1.54, 1.807) is 18.3 Å². The number of phenols is 1. The zero-order chi connectivity index (χ0) is 26.7. The molecule has 1 aliphatic rings. The van der Waals surface area contributed by atoms with Crippen molar-refractivity contribution in [2.24, 2.45) is 5.92 Å². The number of nitrogens with zero attached hydrogens (tertiary/aromatic N) is 1. The fraction of sp³-hybridized carbons (Fsp3) is 0.393. The lowest BCUT2D eigenvalue weighted by Gasteiger charge is -2.33. The molecule has 196 valence electrons. The minimum atomic E-state index is -1.06. The third kappa shape index (κ3) is 5.91. The Balaban J connectivity index is 1.85. The number of hydrogen-bond acceptors (Lipinski definition) is 6. The number of carbonyl (C=O) groups is 2. The van der Waals surface area contributed by atoms with E-state index in [-0.39, 0.29) is 40.3 Å². The van der Waals surface area contributed by atoms with Crippen molar-refractivity contribution in [3.8, 4) is 22.6 Å². The Morgan fingerprint density at radius 2 is 1.86 bits per heavy atom. The molecule has 1 saturated carbocycles. The van der Waals surface area contributed by atoms with Crippen molar-refractivity contribution < 1.29 is 24.5 Å². The molecule has 2 unspecified atom stereocenters. The summed E-state index contributed by atoms with van der Waals surface area (Å²) >= 11 is 6.24. The molecule has 2 atom stereocenters. The number of nitrogens with one attached hydrogen (secondary N) is 2. The van der Waals surface area contributed by atoms with Gasteiger partial charge in [0.05, 0.1) is 34.9 Å². The van der Waals surface area contributed by atoms with Crippen molar-refractivity contribution >= 4 is 40.1 Å². The van der Waals surface area contributed by atoms with Crippen LogP contribution < -0.4 is 15.4 Å². The predicted molar refractivity (Wildman–Crippen MR) is 145 cm³/mol. The number of Topliss-reactive ketones (excluding diaryl/α,β-unsaturated/α-hetero) is 1. The van der Waals surface area contributed by atoms with Crippen LogP contribution in [0.15, 0.2) is 36.5 Å². The Morgan fingerprint density at radius 3 is 2.54 bits per heavy atom. The van der Waals surface area contributed by atoms with Crippen LogP contribution in [0.5, 0.6) is 11.5 Å². The van der Waals surface area contributed by atoms with Gasteiger partial charge in [0.2, 0.25) is 0 Å². The molecular weight excluding hydrogens is 494 g/mol. The zero-order valence-electron chi connectivity index (χ0n) is 21.2. The number of aromatic nitrogens is 1. The molecule has 0 radical (unpaired) electrons. The van der Waals surface area contributed by atoms with Gasteiger partial charge in [-0.2, -0.15) is 0 Å². The Labute approximate surface area is 221 Å². The minimum Gasteiger partial charge on any atom is -0.503 e. The first-order valence-electron chi connectivity index (χ1n) is 12.5. The molecule has 1 amide bonds. The molecule has 1 heterocycles. The predicted octanol–water partition coefficient (Wildman–Crippen LogP) is 6.49. The van der Waals surface area contributed by atoms with Crippen LogP contribution in [0.1, 0.15) is 56.3 Å². The molecular formula is C28H32ClN3O5. The Hall–Kier alpha value is -3.52. The first-order chi connectivity index (χ1) is 17.7. The van der Waals surface area contributed by atoms with Crippen LogP contribution in [0.3, 0.4) is 0 Å². The molecule has 0 spiro atoms. The lowest BCUT2D eigenvalue weighted by Crippen LogP contribution is -2.48. The summed E-state index contributed by atoms with van der Waals surface area (Å²) in [5.41, 5.74) is 3.37. The van der Waals surface area contributed by atoms with Crippen molar-refractivity contribution in [2.45, 2.75) is 58.0 Å². The number of ether oxygens (including phenoxy) is 1. The number of carbonyl (C=O) groups excluding carboxylic acids is 1. The fourth-order valence-electron chi connectivity index (χ4n) is 4.94. The molecule has 0 bridgehead atoms. The molecule has 1 fully saturated rings. The van der Waals surface area contributed by atoms with Gasteiger partial charge in [-0.3, -0.25) is 9.78 Å². The van der Waals surface area contributed by atoms with Crippen LogP contribution in [0, 0.1) is 5.92 Å². The zero-order valence-corrected chi connectivity index (χ0v) is 21.9. The summed E-state index contributed by atoms with van der Waals surface area (Å²) in [6.45, 7) is 3.99. The lowest BCUT2D eigenvalue weighted by molar-refractivity contribution is 0.0968. The van der Waals surface area contributed by atoms with E-state index in [0.717, 1.165) is 42.2 Å². The first-order valence-corrected chi connectivity index (χ1v) is 12.8. The van der Waals surface area contributed by atoms with Gasteiger partial charge in [0, 0.05) is 24.0 Å². The van der Waals surface area contributed by atoms with Crippen molar-refractivity contribution in [3.05, 3.63) is 47.1 Å². The number of anilines is 1. The van der Waals surface area contributed by atoms with Crippen molar-refractivity contribution in [3.63, 3.8) is 0 Å². The second-order valence-electron chi connectivity index (χ2n) is 9.90. The quantitative estimate of drug-likeness (QED) is 0.248. The molecule has 0 aliphatic heterocycles. The van der Waals surface area contributed by atoms with E-state index in [1.165, 1.54) is 7.11 Å². The van der Waals surface area contributed by atoms with E-state index in [1.807, 2.05) is 32.0 Å². The molecule has 2 aromatic carbocycles. The van der Waals surface area contributed by atoms with Crippen LogP contribution in [-0.4, -0.2) is 46.3 Å². The van der Waals surface area contributed by atoms with E-state index in [2.05, 4.69) is 15.6 Å². The van der Waals surface area contributed by atoms with E-state index in [9.17, 15) is 19.8 Å². The van der Waals surface area contributed by atoms with Gasteiger partial charge in [-0.15, -0.1) is 0 Å². The molecule has 4 N–H and O–H groups in total. The molecule has 0 saturated heterocycles. The van der Waals surface area contributed by atoms with Gasteiger partial charge in [0.15, 0.2) is 17.3 Å². The number of phenolic OH excluding ortho intramolecular Hbond substituents is 1. The average molecular weight is 526 g/mol. The molecule has 4 rings (SSSR count). The number of fused-ring (bicyclic) bond motifs is 1. The normalized spacial score (nSPS) is 17.5. The standard InChI is InChI=1S/C28H32ClN3O5/c1-15(2)10-24(33)19-14-30-21-9-8-16(17-12-20(29)27(34)25(13-17)37-3)11-18(21)26(19)31-22-6-4-5-7-23(22)32-28(35)36/h8-9,11-15,22-23,32,34H,4-7,10H2,1-3H3,(H,30,31)(H,35,36). The van der Waals surface area contributed by atoms with Crippen LogP contribution in [0.4, 0.5) is 10.5 Å². The highest BCUT2D eigenvalue weighted by Gasteiger charge is 2.28.